The number of nitrogens with one attached hydrogen (secondary N) is 3. The first-order valence-corrected chi connectivity index (χ1v) is 8.01. The quantitative estimate of drug-likeness (QED) is 0.460. The molecule has 1 aromatic carbocycles. The summed E-state index contributed by atoms with van der Waals surface area (Å²) >= 11 is 5.25. The van der Waals surface area contributed by atoms with Gasteiger partial charge in [0.1, 0.15) is 0 Å². The Morgan fingerprint density at radius 3 is 2.95 bits per heavy atom. The number of fused-ring (bicyclic) bond motifs is 2. The molecule has 0 radical (unpaired) electrons. The Hall–Kier alpha value is -2.14. The topological polar surface area (TPSA) is 49.0 Å². The highest BCUT2D eigenvalue weighted by Gasteiger charge is 2.18. The Morgan fingerprint density at radius 2 is 2.09 bits per heavy atom. The number of hydrogen-bond acceptors (Lipinski definition) is 3. The van der Waals surface area contributed by atoms with Gasteiger partial charge in [0, 0.05) is 17.6 Å². The lowest BCUT2D eigenvalue weighted by Gasteiger charge is -2.22. The molecule has 22 heavy (non-hydrogen) atoms. The molecular formula is C17H20N4S. The summed E-state index contributed by atoms with van der Waals surface area (Å²) < 4.78 is 0. The average molecular weight is 312 g/mol. The molecule has 0 bridgehead atoms. The number of nitrogens with zero attached hydrogens (tertiary/aromatic N) is 1. The van der Waals surface area contributed by atoms with Crippen molar-refractivity contribution in [2.75, 3.05) is 12.0 Å². The molecular weight excluding hydrogens is 292 g/mol. The number of anilines is 1. The molecule has 0 aliphatic heterocycles. The summed E-state index contributed by atoms with van der Waals surface area (Å²) in [6.45, 7) is 4.31. The molecule has 0 unspecified atom stereocenters. The van der Waals surface area contributed by atoms with Gasteiger partial charge in [0.2, 0.25) is 0 Å². The number of hydrogen-bond donors (Lipinski definition) is 3. The van der Waals surface area contributed by atoms with Gasteiger partial charge in [-0.2, -0.15) is 0 Å². The van der Waals surface area contributed by atoms with Crippen LogP contribution < -0.4 is 16.2 Å². The lowest BCUT2D eigenvalue weighted by molar-refractivity contribution is 0.671. The monoisotopic (exact) mass is 312 g/mol. The van der Waals surface area contributed by atoms with Gasteiger partial charge in [0.25, 0.3) is 0 Å². The average Bonchev–Trinajstić information content (AvgIpc) is 2.56. The smallest absolute Gasteiger partial charge is 0.185 e. The van der Waals surface area contributed by atoms with Gasteiger partial charge in [0.15, 0.2) is 5.11 Å². The highest BCUT2D eigenvalue weighted by atomic mass is 32.1. The standard InChI is InChI=1S/C17H20N4S/c1-2-11-18-17(22)21-20-16-12-7-3-5-9-14(12)19-15-10-6-4-8-13(15)16/h2-3,5,7,9H,1,4,6,8,10-11H2,(H,19,20)(H2,18,21,22). The van der Waals surface area contributed by atoms with E-state index in [1.54, 1.807) is 6.08 Å². The molecule has 1 aromatic heterocycles. The summed E-state index contributed by atoms with van der Waals surface area (Å²) in [7, 11) is 0. The third kappa shape index (κ3) is 3.04. The predicted molar refractivity (Wildman–Crippen MR) is 95.9 cm³/mol. The van der Waals surface area contributed by atoms with Crippen LogP contribution in [0.1, 0.15) is 24.1 Å². The fourth-order valence-corrected chi connectivity index (χ4v) is 2.98. The van der Waals surface area contributed by atoms with Gasteiger partial charge in [0.05, 0.1) is 11.2 Å². The van der Waals surface area contributed by atoms with Crippen molar-refractivity contribution >= 4 is 33.9 Å². The van der Waals surface area contributed by atoms with Crippen molar-refractivity contribution in [3.63, 3.8) is 0 Å². The summed E-state index contributed by atoms with van der Waals surface area (Å²) in [6, 6.07) is 8.22. The summed E-state index contributed by atoms with van der Waals surface area (Å²) in [4.78, 5) is 4.82. The maximum Gasteiger partial charge on any atom is 0.185 e. The molecule has 0 saturated carbocycles. The van der Waals surface area contributed by atoms with E-state index in [1.165, 1.54) is 24.1 Å². The molecule has 3 rings (SSSR count). The van der Waals surface area contributed by atoms with Crippen LogP contribution in [-0.2, 0) is 12.8 Å². The van der Waals surface area contributed by atoms with Crippen molar-refractivity contribution in [3.8, 4) is 0 Å². The minimum absolute atomic E-state index is 0.561. The zero-order valence-corrected chi connectivity index (χ0v) is 13.3. The Labute approximate surface area is 136 Å². The maximum absolute atomic E-state index is 5.25. The van der Waals surface area contributed by atoms with Crippen LogP contribution in [0.3, 0.4) is 0 Å². The van der Waals surface area contributed by atoms with E-state index in [4.69, 9.17) is 17.2 Å². The highest BCUT2D eigenvalue weighted by molar-refractivity contribution is 7.80. The summed E-state index contributed by atoms with van der Waals surface area (Å²) in [5.41, 5.74) is 11.0. The first kappa shape index (κ1) is 14.8. The van der Waals surface area contributed by atoms with Gasteiger partial charge >= 0.3 is 0 Å². The van der Waals surface area contributed by atoms with Crippen molar-refractivity contribution < 1.29 is 0 Å². The maximum atomic E-state index is 5.25. The zero-order valence-electron chi connectivity index (χ0n) is 12.5. The number of thiocarbonyl (C=S) groups is 1. The van der Waals surface area contributed by atoms with Crippen molar-refractivity contribution in [1.29, 1.82) is 0 Å². The number of benzene rings is 1. The number of pyridine rings is 1. The van der Waals surface area contributed by atoms with E-state index in [1.807, 2.05) is 12.1 Å². The second-order valence-corrected chi connectivity index (χ2v) is 5.79. The summed E-state index contributed by atoms with van der Waals surface area (Å²) in [5.74, 6) is 0. The Kier molecular flexibility index (Phi) is 4.53. The largest absolute Gasteiger partial charge is 0.358 e. The van der Waals surface area contributed by atoms with E-state index in [2.05, 4.69) is 34.9 Å². The normalized spacial score (nSPS) is 13.3. The Balaban J connectivity index is 1.92. The molecule has 2 aromatic rings. The number of hydrazine groups is 1. The van der Waals surface area contributed by atoms with Gasteiger partial charge in [-0.1, -0.05) is 24.3 Å². The van der Waals surface area contributed by atoms with Crippen molar-refractivity contribution in [2.45, 2.75) is 25.7 Å². The minimum Gasteiger partial charge on any atom is -0.358 e. The molecule has 114 valence electrons. The van der Waals surface area contributed by atoms with Crippen molar-refractivity contribution in [1.82, 2.24) is 15.7 Å². The third-order valence-corrected chi connectivity index (χ3v) is 4.12. The SMILES string of the molecule is C=CCNC(=S)NNc1c2c(nc3ccccc13)CCCC2. The molecule has 3 N–H and O–H groups in total. The zero-order chi connectivity index (χ0) is 15.4. The van der Waals surface area contributed by atoms with Crippen molar-refractivity contribution in [3.05, 3.63) is 48.2 Å². The summed E-state index contributed by atoms with van der Waals surface area (Å²) in [5, 5.41) is 4.74. The molecule has 0 spiro atoms. The second-order valence-electron chi connectivity index (χ2n) is 5.39. The molecule has 1 aliphatic carbocycles. The minimum atomic E-state index is 0.561. The van der Waals surface area contributed by atoms with Crippen LogP contribution in [0.25, 0.3) is 10.9 Å². The van der Waals surface area contributed by atoms with Crippen LogP contribution in [-0.4, -0.2) is 16.6 Å². The first-order valence-electron chi connectivity index (χ1n) is 7.61. The predicted octanol–water partition coefficient (Wildman–Crippen LogP) is 3.09. The molecule has 0 amide bonds. The van der Waals surface area contributed by atoms with Crippen molar-refractivity contribution in [2.24, 2.45) is 0 Å². The van der Waals surface area contributed by atoms with E-state index >= 15 is 0 Å². The molecule has 1 heterocycles. The fraction of sp³-hybridized carbons (Fsp3) is 0.294. The first-order chi connectivity index (χ1) is 10.8. The molecule has 5 heteroatoms. The number of para-hydroxylation sites is 1. The van der Waals surface area contributed by atoms with Gasteiger partial charge in [-0.15, -0.1) is 6.58 Å². The fourth-order valence-electron chi connectivity index (χ4n) is 2.84. The van der Waals surface area contributed by atoms with E-state index in [-0.39, 0.29) is 0 Å². The molecule has 1 aliphatic rings. The van der Waals surface area contributed by atoms with Gasteiger partial charge in [-0.25, -0.2) is 0 Å². The second kappa shape index (κ2) is 6.75. The van der Waals surface area contributed by atoms with Gasteiger partial charge < -0.3 is 5.32 Å². The lowest BCUT2D eigenvalue weighted by Crippen LogP contribution is -2.39. The van der Waals surface area contributed by atoms with Crippen LogP contribution in [0, 0.1) is 0 Å². The Bertz CT molecular complexity index is 711. The van der Waals surface area contributed by atoms with Crippen LogP contribution in [0.4, 0.5) is 5.69 Å². The van der Waals surface area contributed by atoms with Gasteiger partial charge in [-0.05, 0) is 49.5 Å². The van der Waals surface area contributed by atoms with E-state index < -0.39 is 0 Å². The highest BCUT2D eigenvalue weighted by Crippen LogP contribution is 2.32. The number of aryl methyl sites for hydroxylation is 1. The van der Waals surface area contributed by atoms with Crippen LogP contribution >= 0.6 is 12.2 Å². The molecule has 0 fully saturated rings. The summed E-state index contributed by atoms with van der Waals surface area (Å²) in [6.07, 6.45) is 6.31. The van der Waals surface area contributed by atoms with E-state index in [9.17, 15) is 0 Å². The lowest BCUT2D eigenvalue weighted by atomic mass is 9.93. The van der Waals surface area contributed by atoms with E-state index in [0.29, 0.717) is 11.7 Å². The molecule has 4 nitrogen and oxygen atoms in total. The van der Waals surface area contributed by atoms with Gasteiger partial charge in [-0.3, -0.25) is 15.8 Å². The number of aromatic nitrogens is 1. The van der Waals surface area contributed by atoms with Crippen LogP contribution in [0.15, 0.2) is 36.9 Å². The third-order valence-electron chi connectivity index (χ3n) is 3.88. The van der Waals surface area contributed by atoms with Crippen LogP contribution in [0.2, 0.25) is 0 Å². The molecule has 0 atom stereocenters. The van der Waals surface area contributed by atoms with E-state index in [0.717, 1.165) is 29.4 Å². The molecule has 0 saturated heterocycles. The Morgan fingerprint density at radius 1 is 1.27 bits per heavy atom. The number of rotatable bonds is 4. The van der Waals surface area contributed by atoms with Crippen LogP contribution in [0.5, 0.6) is 0 Å².